The van der Waals surface area contributed by atoms with E-state index < -0.39 is 0 Å². The molecule has 116 valence electrons. The molecule has 0 aliphatic carbocycles. The van der Waals surface area contributed by atoms with Gasteiger partial charge in [-0.2, -0.15) is 0 Å². The predicted molar refractivity (Wildman–Crippen MR) is 91.8 cm³/mol. The number of anilines is 1. The molecular formula is C18H29N3. The number of aryl methyl sites for hydroxylation is 1. The molecular weight excluding hydrogens is 258 g/mol. The van der Waals surface area contributed by atoms with Gasteiger partial charge in [0, 0.05) is 5.69 Å². The van der Waals surface area contributed by atoms with E-state index in [4.69, 9.17) is 5.73 Å². The maximum absolute atomic E-state index is 6.25. The van der Waals surface area contributed by atoms with E-state index in [-0.39, 0.29) is 5.54 Å². The molecule has 0 radical (unpaired) electrons. The number of benzene rings is 1. The first-order chi connectivity index (χ1) is 9.84. The molecule has 1 aromatic rings. The molecule has 0 saturated heterocycles. The average molecular weight is 287 g/mol. The van der Waals surface area contributed by atoms with Crippen LogP contribution in [0.4, 0.5) is 5.69 Å². The van der Waals surface area contributed by atoms with Crippen molar-refractivity contribution >= 4 is 11.6 Å². The van der Waals surface area contributed by atoms with Gasteiger partial charge in [-0.25, -0.2) is 0 Å². The molecule has 0 aromatic heterocycles. The molecule has 0 spiro atoms. The van der Waals surface area contributed by atoms with Crippen LogP contribution in [0.2, 0.25) is 0 Å². The van der Waals surface area contributed by atoms with Gasteiger partial charge in [0.2, 0.25) is 0 Å². The highest BCUT2D eigenvalue weighted by molar-refractivity contribution is 5.98. The van der Waals surface area contributed by atoms with E-state index >= 15 is 0 Å². The highest BCUT2D eigenvalue weighted by Crippen LogP contribution is 2.38. The summed E-state index contributed by atoms with van der Waals surface area (Å²) in [5.41, 5.74) is 8.72. The van der Waals surface area contributed by atoms with E-state index in [1.165, 1.54) is 11.3 Å². The highest BCUT2D eigenvalue weighted by atomic mass is 15.4. The van der Waals surface area contributed by atoms with Crippen LogP contribution in [-0.4, -0.2) is 18.0 Å². The number of guanidine groups is 1. The van der Waals surface area contributed by atoms with E-state index in [2.05, 4.69) is 68.8 Å². The Bertz CT molecular complexity index is 490. The minimum atomic E-state index is 0.0294. The van der Waals surface area contributed by atoms with Crippen LogP contribution < -0.4 is 10.6 Å². The van der Waals surface area contributed by atoms with Crippen molar-refractivity contribution in [2.75, 3.05) is 11.4 Å². The lowest BCUT2D eigenvalue weighted by Gasteiger charge is -2.42. The second kappa shape index (κ2) is 6.08. The topological polar surface area (TPSA) is 41.6 Å². The van der Waals surface area contributed by atoms with E-state index in [1.807, 2.05) is 0 Å². The molecule has 0 atom stereocenters. The SMILES string of the molecule is Cc1ccc(N2C(N)=NCC2(CC(C)C)CC(C)C)cc1. The first-order valence-corrected chi connectivity index (χ1v) is 8.01. The fraction of sp³-hybridized carbons (Fsp3) is 0.611. The van der Waals surface area contributed by atoms with Crippen LogP contribution in [0.1, 0.15) is 46.1 Å². The third kappa shape index (κ3) is 3.39. The molecule has 0 saturated carbocycles. The molecule has 1 aliphatic rings. The summed E-state index contributed by atoms with van der Waals surface area (Å²) in [5.74, 6) is 1.91. The third-order valence-corrected chi connectivity index (χ3v) is 4.11. The maximum Gasteiger partial charge on any atom is 0.196 e. The molecule has 0 amide bonds. The van der Waals surface area contributed by atoms with Crippen LogP contribution in [0.15, 0.2) is 29.3 Å². The molecule has 3 nitrogen and oxygen atoms in total. The normalized spacial score (nSPS) is 17.7. The molecule has 3 heteroatoms. The second-order valence-electron chi connectivity index (χ2n) is 7.27. The Morgan fingerprint density at radius 2 is 1.62 bits per heavy atom. The van der Waals surface area contributed by atoms with E-state index in [0.717, 1.165) is 19.4 Å². The molecule has 21 heavy (non-hydrogen) atoms. The lowest BCUT2D eigenvalue weighted by Crippen LogP contribution is -2.53. The molecule has 0 bridgehead atoms. The van der Waals surface area contributed by atoms with Gasteiger partial charge in [-0.3, -0.25) is 4.99 Å². The number of rotatable bonds is 5. The molecule has 1 aromatic carbocycles. The van der Waals surface area contributed by atoms with Gasteiger partial charge in [-0.15, -0.1) is 0 Å². The number of nitrogens with two attached hydrogens (primary N) is 1. The quantitative estimate of drug-likeness (QED) is 0.890. The second-order valence-corrected chi connectivity index (χ2v) is 7.27. The smallest absolute Gasteiger partial charge is 0.196 e. The van der Waals surface area contributed by atoms with Gasteiger partial charge >= 0.3 is 0 Å². The van der Waals surface area contributed by atoms with E-state index in [0.29, 0.717) is 17.8 Å². The fourth-order valence-corrected chi connectivity index (χ4v) is 3.63. The zero-order valence-corrected chi connectivity index (χ0v) is 14.1. The molecule has 0 fully saturated rings. The lowest BCUT2D eigenvalue weighted by molar-refractivity contribution is 0.304. The Morgan fingerprint density at radius 1 is 1.10 bits per heavy atom. The van der Waals surface area contributed by atoms with Crippen LogP contribution in [0.25, 0.3) is 0 Å². The number of hydrogen-bond donors (Lipinski definition) is 1. The fourth-order valence-electron chi connectivity index (χ4n) is 3.63. The summed E-state index contributed by atoms with van der Waals surface area (Å²) < 4.78 is 0. The van der Waals surface area contributed by atoms with Crippen molar-refractivity contribution in [2.24, 2.45) is 22.6 Å². The summed E-state index contributed by atoms with van der Waals surface area (Å²) >= 11 is 0. The highest BCUT2D eigenvalue weighted by Gasteiger charge is 2.43. The van der Waals surface area contributed by atoms with Gasteiger partial charge in [0.15, 0.2) is 5.96 Å². The Hall–Kier alpha value is -1.51. The van der Waals surface area contributed by atoms with Crippen molar-refractivity contribution in [3.8, 4) is 0 Å². The molecule has 1 heterocycles. The Balaban J connectivity index is 2.40. The Morgan fingerprint density at radius 3 is 2.10 bits per heavy atom. The zero-order chi connectivity index (χ0) is 15.6. The summed E-state index contributed by atoms with van der Waals surface area (Å²) in [6.07, 6.45) is 2.23. The van der Waals surface area contributed by atoms with Crippen molar-refractivity contribution in [2.45, 2.75) is 53.0 Å². The van der Waals surface area contributed by atoms with Crippen LogP contribution in [0.5, 0.6) is 0 Å². The van der Waals surface area contributed by atoms with E-state index in [9.17, 15) is 0 Å². The Kier molecular flexibility index (Phi) is 4.60. The average Bonchev–Trinajstić information content (AvgIpc) is 2.66. The number of aliphatic imine (C=N–C) groups is 1. The summed E-state index contributed by atoms with van der Waals surface area (Å²) in [4.78, 5) is 6.88. The van der Waals surface area contributed by atoms with Crippen molar-refractivity contribution in [1.29, 1.82) is 0 Å². The van der Waals surface area contributed by atoms with Gasteiger partial charge < -0.3 is 10.6 Å². The summed E-state index contributed by atoms with van der Waals surface area (Å²) in [6, 6.07) is 8.63. The van der Waals surface area contributed by atoms with Crippen molar-refractivity contribution < 1.29 is 0 Å². The van der Waals surface area contributed by atoms with Crippen LogP contribution in [-0.2, 0) is 0 Å². The monoisotopic (exact) mass is 287 g/mol. The van der Waals surface area contributed by atoms with E-state index in [1.54, 1.807) is 0 Å². The minimum absolute atomic E-state index is 0.0294. The van der Waals surface area contributed by atoms with Gasteiger partial charge in [-0.1, -0.05) is 45.4 Å². The summed E-state index contributed by atoms with van der Waals surface area (Å²) in [7, 11) is 0. The maximum atomic E-state index is 6.25. The Labute approximate surface area is 129 Å². The molecule has 0 unspecified atom stereocenters. The predicted octanol–water partition coefficient (Wildman–Crippen LogP) is 3.96. The van der Waals surface area contributed by atoms with Crippen molar-refractivity contribution in [1.82, 2.24) is 0 Å². The summed E-state index contributed by atoms with van der Waals surface area (Å²) in [5, 5.41) is 0. The van der Waals surface area contributed by atoms with Crippen LogP contribution in [0.3, 0.4) is 0 Å². The standard InChI is InChI=1S/C18H29N3/c1-13(2)10-18(11-14(3)4)12-20-17(19)21(18)16-8-6-15(5)7-9-16/h6-9,13-14H,10-12H2,1-5H3,(H2,19,20). The van der Waals surface area contributed by atoms with Gasteiger partial charge in [0.25, 0.3) is 0 Å². The van der Waals surface area contributed by atoms with Crippen molar-refractivity contribution in [3.63, 3.8) is 0 Å². The molecule has 2 rings (SSSR count). The number of hydrogen-bond acceptors (Lipinski definition) is 3. The van der Waals surface area contributed by atoms with Crippen LogP contribution in [0, 0.1) is 18.8 Å². The van der Waals surface area contributed by atoms with Gasteiger partial charge in [-0.05, 0) is 43.7 Å². The minimum Gasteiger partial charge on any atom is -0.369 e. The lowest BCUT2D eigenvalue weighted by atomic mass is 9.80. The van der Waals surface area contributed by atoms with Gasteiger partial charge in [0.1, 0.15) is 0 Å². The first-order valence-electron chi connectivity index (χ1n) is 8.01. The third-order valence-electron chi connectivity index (χ3n) is 4.11. The largest absolute Gasteiger partial charge is 0.369 e. The van der Waals surface area contributed by atoms with Crippen LogP contribution >= 0.6 is 0 Å². The first kappa shape index (κ1) is 15.9. The zero-order valence-electron chi connectivity index (χ0n) is 14.1. The summed E-state index contributed by atoms with van der Waals surface area (Å²) in [6.45, 7) is 12.0. The van der Waals surface area contributed by atoms with Crippen molar-refractivity contribution in [3.05, 3.63) is 29.8 Å². The number of nitrogens with zero attached hydrogens (tertiary/aromatic N) is 2. The van der Waals surface area contributed by atoms with Gasteiger partial charge in [0.05, 0.1) is 12.1 Å². The molecule has 1 aliphatic heterocycles. The molecule has 2 N–H and O–H groups in total.